The van der Waals surface area contributed by atoms with Gasteiger partial charge >= 0.3 is 11.9 Å². The molecule has 3 N–H and O–H groups in total. The average Bonchev–Trinajstić information content (AvgIpc) is 2.93. The summed E-state index contributed by atoms with van der Waals surface area (Å²) in [6, 6.07) is 27.3. The predicted octanol–water partition coefficient (Wildman–Crippen LogP) is 4.59. The second kappa shape index (κ2) is 11.9. The number of amides is 1. The van der Waals surface area contributed by atoms with Crippen LogP contribution in [0.5, 0.6) is 0 Å². The van der Waals surface area contributed by atoms with Crippen LogP contribution >= 0.6 is 11.6 Å². The molecule has 0 radical (unpaired) electrons. The summed E-state index contributed by atoms with van der Waals surface area (Å²) in [7, 11) is 0. The van der Waals surface area contributed by atoms with Gasteiger partial charge in [0.25, 0.3) is 0 Å². The Balaban J connectivity index is 1.48. The number of piperidine rings is 1. The van der Waals surface area contributed by atoms with Gasteiger partial charge in [0.15, 0.2) is 0 Å². The third kappa shape index (κ3) is 6.39. The number of rotatable bonds is 9. The number of nitrogens with one attached hydrogen (secondary N) is 1. The van der Waals surface area contributed by atoms with Crippen LogP contribution in [0.25, 0.3) is 0 Å². The van der Waals surface area contributed by atoms with Crippen molar-refractivity contribution in [2.45, 2.75) is 36.7 Å². The molecule has 0 atom stereocenters. The summed E-state index contributed by atoms with van der Waals surface area (Å²) >= 11 is 6.01. The quantitative estimate of drug-likeness (QED) is 0.359. The van der Waals surface area contributed by atoms with E-state index in [2.05, 4.69) is 10.2 Å². The first-order valence-electron chi connectivity index (χ1n) is 12.7. The first kappa shape index (κ1) is 26.9. The van der Waals surface area contributed by atoms with Crippen molar-refractivity contribution in [3.8, 4) is 0 Å². The molecule has 0 aliphatic carbocycles. The number of likely N-dealkylation sites (tertiary alicyclic amines) is 1. The summed E-state index contributed by atoms with van der Waals surface area (Å²) in [6.07, 6.45) is 2.85. The van der Waals surface area contributed by atoms with E-state index in [1.54, 1.807) is 0 Å². The number of halogens is 1. The van der Waals surface area contributed by atoms with Crippen molar-refractivity contribution >= 4 is 23.5 Å². The van der Waals surface area contributed by atoms with Gasteiger partial charge in [-0.2, -0.15) is 0 Å². The number of carboxylic acids is 1. The fourth-order valence-corrected chi connectivity index (χ4v) is 5.49. The number of nitrogens with zero attached hydrogens (tertiary/aromatic N) is 1. The SMILES string of the molecule is O=C(O)C(=O)NCC(CCCN1CCC(O)(c2ccc(Cl)cc2)CC1)(c1ccccc1)c1ccccc1. The molecule has 6 nitrogen and oxygen atoms in total. The Morgan fingerprint density at radius 3 is 1.95 bits per heavy atom. The minimum atomic E-state index is -1.49. The molecular weight excluding hydrogens is 488 g/mol. The molecule has 3 aromatic rings. The van der Waals surface area contributed by atoms with Crippen LogP contribution in [0.2, 0.25) is 5.02 Å². The first-order chi connectivity index (χ1) is 17.8. The lowest BCUT2D eigenvalue weighted by molar-refractivity contribution is -0.150. The molecule has 1 aliphatic rings. The highest BCUT2D eigenvalue weighted by Crippen LogP contribution is 2.37. The number of carboxylic acid groups (broad SMARTS) is 1. The summed E-state index contributed by atoms with van der Waals surface area (Å²) in [5.41, 5.74) is 1.54. The maximum atomic E-state index is 12.0. The molecule has 0 aromatic heterocycles. The molecule has 0 unspecified atom stereocenters. The Hall–Kier alpha value is -3.19. The van der Waals surface area contributed by atoms with E-state index >= 15 is 0 Å². The topological polar surface area (TPSA) is 89.9 Å². The Labute approximate surface area is 222 Å². The molecule has 4 rings (SSSR count). The second-order valence-electron chi connectivity index (χ2n) is 9.79. The van der Waals surface area contributed by atoms with E-state index in [-0.39, 0.29) is 6.54 Å². The third-order valence-corrected chi connectivity index (χ3v) is 7.79. The molecule has 1 saturated heterocycles. The number of carbonyl (C=O) groups excluding carboxylic acids is 1. The Bertz CT molecular complexity index is 1140. The molecule has 0 saturated carbocycles. The summed E-state index contributed by atoms with van der Waals surface area (Å²) in [5.74, 6) is -2.50. The highest BCUT2D eigenvalue weighted by atomic mass is 35.5. The summed E-state index contributed by atoms with van der Waals surface area (Å²) in [5, 5.41) is 23.7. The number of aliphatic hydroxyl groups is 1. The normalized spacial score (nSPS) is 15.7. The van der Waals surface area contributed by atoms with Crippen molar-refractivity contribution in [1.82, 2.24) is 10.2 Å². The fraction of sp³-hybridized carbons (Fsp3) is 0.333. The van der Waals surface area contributed by atoms with Gasteiger partial charge in [0.05, 0.1) is 5.60 Å². The zero-order valence-electron chi connectivity index (χ0n) is 20.8. The first-order valence-corrected chi connectivity index (χ1v) is 13.0. The third-order valence-electron chi connectivity index (χ3n) is 7.54. The van der Waals surface area contributed by atoms with Gasteiger partial charge in [-0.15, -0.1) is 0 Å². The van der Waals surface area contributed by atoms with E-state index in [0.29, 0.717) is 17.9 Å². The number of hydrogen-bond donors (Lipinski definition) is 3. The van der Waals surface area contributed by atoms with Crippen molar-refractivity contribution in [3.05, 3.63) is 107 Å². The highest BCUT2D eigenvalue weighted by molar-refractivity contribution is 6.31. The zero-order chi connectivity index (χ0) is 26.3. The van der Waals surface area contributed by atoms with Crippen molar-refractivity contribution in [3.63, 3.8) is 0 Å². The fourth-order valence-electron chi connectivity index (χ4n) is 5.37. The van der Waals surface area contributed by atoms with Crippen LogP contribution < -0.4 is 5.32 Å². The van der Waals surface area contributed by atoms with Gasteiger partial charge in [0.1, 0.15) is 0 Å². The molecule has 3 aromatic carbocycles. The van der Waals surface area contributed by atoms with Gasteiger partial charge in [-0.1, -0.05) is 84.4 Å². The Morgan fingerprint density at radius 2 is 1.43 bits per heavy atom. The van der Waals surface area contributed by atoms with Gasteiger partial charge in [0.2, 0.25) is 0 Å². The smallest absolute Gasteiger partial charge is 0.394 e. The summed E-state index contributed by atoms with van der Waals surface area (Å²) < 4.78 is 0. The van der Waals surface area contributed by atoms with Gasteiger partial charge in [-0.05, 0) is 61.1 Å². The number of aliphatic carboxylic acids is 1. The molecular formula is C30H33ClN2O4. The number of carbonyl (C=O) groups is 2. The van der Waals surface area contributed by atoms with Crippen molar-refractivity contribution in [2.75, 3.05) is 26.2 Å². The van der Waals surface area contributed by atoms with Gasteiger partial charge < -0.3 is 20.4 Å². The average molecular weight is 521 g/mol. The number of benzene rings is 3. The standard InChI is InChI=1S/C30H33ClN2O4/c31-26-14-12-25(13-15-26)30(37)17-20-33(21-18-30)19-7-16-29(22-32-27(34)28(35)36,23-8-3-1-4-9-23)24-10-5-2-6-11-24/h1-6,8-15,37H,7,16-22H2,(H,32,34)(H,35,36). The van der Waals surface area contributed by atoms with E-state index in [1.807, 2.05) is 84.9 Å². The van der Waals surface area contributed by atoms with E-state index in [0.717, 1.165) is 49.2 Å². The minimum Gasteiger partial charge on any atom is -0.474 e. The maximum absolute atomic E-state index is 12.0. The molecule has 7 heteroatoms. The maximum Gasteiger partial charge on any atom is 0.394 e. The predicted molar refractivity (Wildman–Crippen MR) is 145 cm³/mol. The molecule has 0 spiro atoms. The molecule has 1 amide bonds. The summed E-state index contributed by atoms with van der Waals surface area (Å²) in [4.78, 5) is 25.6. The van der Waals surface area contributed by atoms with Crippen molar-refractivity contribution in [2.24, 2.45) is 0 Å². The van der Waals surface area contributed by atoms with Crippen LogP contribution in [0, 0.1) is 0 Å². The van der Waals surface area contributed by atoms with Crippen molar-refractivity contribution < 1.29 is 19.8 Å². The zero-order valence-corrected chi connectivity index (χ0v) is 21.5. The molecule has 1 aliphatic heterocycles. The van der Waals surface area contributed by atoms with Crippen LogP contribution in [-0.2, 0) is 20.6 Å². The van der Waals surface area contributed by atoms with E-state index in [1.165, 1.54) is 0 Å². The lowest BCUT2D eigenvalue weighted by Gasteiger charge is -2.40. The van der Waals surface area contributed by atoms with Crippen LogP contribution in [0.4, 0.5) is 0 Å². The molecule has 0 bridgehead atoms. The van der Waals surface area contributed by atoms with Gasteiger partial charge in [-0.25, -0.2) is 4.79 Å². The van der Waals surface area contributed by atoms with Crippen LogP contribution in [0.3, 0.4) is 0 Å². The molecule has 37 heavy (non-hydrogen) atoms. The van der Waals surface area contributed by atoms with Crippen LogP contribution in [0.1, 0.15) is 42.4 Å². The lowest BCUT2D eigenvalue weighted by atomic mass is 9.71. The molecule has 1 fully saturated rings. The summed E-state index contributed by atoms with van der Waals surface area (Å²) in [6.45, 7) is 2.57. The van der Waals surface area contributed by atoms with Gasteiger partial charge in [-0.3, -0.25) is 4.79 Å². The van der Waals surface area contributed by atoms with Crippen LogP contribution in [0.15, 0.2) is 84.9 Å². The number of hydrogen-bond acceptors (Lipinski definition) is 4. The van der Waals surface area contributed by atoms with E-state index < -0.39 is 22.9 Å². The Morgan fingerprint density at radius 1 is 0.892 bits per heavy atom. The van der Waals surface area contributed by atoms with E-state index in [4.69, 9.17) is 16.7 Å². The molecule has 194 valence electrons. The largest absolute Gasteiger partial charge is 0.474 e. The van der Waals surface area contributed by atoms with E-state index in [9.17, 15) is 14.7 Å². The van der Waals surface area contributed by atoms with Crippen molar-refractivity contribution in [1.29, 1.82) is 0 Å². The lowest BCUT2D eigenvalue weighted by Crippen LogP contribution is -2.45. The Kier molecular flexibility index (Phi) is 8.64. The second-order valence-corrected chi connectivity index (χ2v) is 10.2. The monoisotopic (exact) mass is 520 g/mol. The molecule has 1 heterocycles. The minimum absolute atomic E-state index is 0.183. The van der Waals surface area contributed by atoms with Gasteiger partial charge in [0, 0.05) is 30.1 Å². The highest BCUT2D eigenvalue weighted by Gasteiger charge is 2.37. The van der Waals surface area contributed by atoms with Crippen LogP contribution in [-0.4, -0.2) is 53.2 Å².